The summed E-state index contributed by atoms with van der Waals surface area (Å²) in [4.78, 5) is 15.2. The zero-order chi connectivity index (χ0) is 17.5. The fourth-order valence-corrected chi connectivity index (χ4v) is 3.30. The standard InChI is InChI=1S/C19H27NO5/c1-22-17-4-2-3-16(18(21)15-5-10-23-11-6-15)19(17)25-14-9-20-7-12-24-13-8-20/h2-4,15H,5-14H2,1H3. The number of para-hydroxylation sites is 1. The molecule has 2 aliphatic heterocycles. The van der Waals surface area contributed by atoms with Crippen molar-refractivity contribution in [1.29, 1.82) is 0 Å². The van der Waals surface area contributed by atoms with Crippen molar-refractivity contribution in [3.63, 3.8) is 0 Å². The van der Waals surface area contributed by atoms with Crippen LogP contribution in [0, 0.1) is 5.92 Å². The highest BCUT2D eigenvalue weighted by molar-refractivity contribution is 6.01. The van der Waals surface area contributed by atoms with Crippen molar-refractivity contribution < 1.29 is 23.7 Å². The predicted octanol–water partition coefficient (Wildman–Crippen LogP) is 2.02. The molecule has 1 aromatic carbocycles. The van der Waals surface area contributed by atoms with Gasteiger partial charge in [0.05, 0.1) is 25.9 Å². The number of carbonyl (C=O) groups excluding carboxylic acids is 1. The number of rotatable bonds is 7. The number of ether oxygens (including phenoxy) is 4. The van der Waals surface area contributed by atoms with Crippen molar-refractivity contribution in [2.45, 2.75) is 12.8 Å². The van der Waals surface area contributed by atoms with E-state index in [1.807, 2.05) is 18.2 Å². The lowest BCUT2D eigenvalue weighted by Gasteiger charge is -2.27. The molecule has 2 saturated heterocycles. The Bertz CT molecular complexity index is 565. The minimum Gasteiger partial charge on any atom is -0.493 e. The van der Waals surface area contributed by atoms with Gasteiger partial charge < -0.3 is 18.9 Å². The third-order valence-corrected chi connectivity index (χ3v) is 4.81. The number of hydrogen-bond acceptors (Lipinski definition) is 6. The molecular weight excluding hydrogens is 322 g/mol. The van der Waals surface area contributed by atoms with Crippen LogP contribution in [0.25, 0.3) is 0 Å². The third-order valence-electron chi connectivity index (χ3n) is 4.81. The summed E-state index contributed by atoms with van der Waals surface area (Å²) in [6.07, 6.45) is 1.53. The molecule has 2 fully saturated rings. The minimum atomic E-state index is 0.00227. The molecule has 6 heteroatoms. The molecule has 1 aromatic rings. The smallest absolute Gasteiger partial charge is 0.172 e. The van der Waals surface area contributed by atoms with Crippen molar-refractivity contribution in [2.75, 3.05) is 59.8 Å². The first-order valence-corrected chi connectivity index (χ1v) is 9.01. The topological polar surface area (TPSA) is 57.2 Å². The van der Waals surface area contributed by atoms with E-state index in [1.165, 1.54) is 0 Å². The molecule has 0 aromatic heterocycles. The molecule has 0 N–H and O–H groups in total. The van der Waals surface area contributed by atoms with Gasteiger partial charge in [0.25, 0.3) is 0 Å². The first-order valence-electron chi connectivity index (χ1n) is 9.01. The largest absolute Gasteiger partial charge is 0.493 e. The molecule has 2 aliphatic rings. The van der Waals surface area contributed by atoms with Crippen LogP contribution >= 0.6 is 0 Å². The summed E-state index contributed by atoms with van der Waals surface area (Å²) in [5.74, 6) is 1.31. The molecular formula is C19H27NO5. The summed E-state index contributed by atoms with van der Waals surface area (Å²) in [7, 11) is 1.60. The molecule has 0 atom stereocenters. The molecule has 0 aliphatic carbocycles. The van der Waals surface area contributed by atoms with Crippen LogP contribution in [0.15, 0.2) is 18.2 Å². The van der Waals surface area contributed by atoms with Gasteiger partial charge in [-0.05, 0) is 25.0 Å². The lowest BCUT2D eigenvalue weighted by Crippen LogP contribution is -2.38. The van der Waals surface area contributed by atoms with E-state index >= 15 is 0 Å². The van der Waals surface area contributed by atoms with Crippen LogP contribution in [0.5, 0.6) is 11.5 Å². The van der Waals surface area contributed by atoms with Gasteiger partial charge in [-0.2, -0.15) is 0 Å². The molecule has 3 rings (SSSR count). The van der Waals surface area contributed by atoms with Gasteiger partial charge in [-0.1, -0.05) is 6.07 Å². The average Bonchev–Trinajstić information content (AvgIpc) is 2.69. The van der Waals surface area contributed by atoms with Crippen LogP contribution in [0.2, 0.25) is 0 Å². The summed E-state index contributed by atoms with van der Waals surface area (Å²) >= 11 is 0. The summed E-state index contributed by atoms with van der Waals surface area (Å²) in [5.41, 5.74) is 0.619. The van der Waals surface area contributed by atoms with Gasteiger partial charge in [-0.25, -0.2) is 0 Å². The molecule has 0 amide bonds. The molecule has 0 radical (unpaired) electrons. The van der Waals surface area contributed by atoms with Crippen LogP contribution < -0.4 is 9.47 Å². The summed E-state index contributed by atoms with van der Waals surface area (Å²) in [6.45, 7) is 6.00. The van der Waals surface area contributed by atoms with Crippen molar-refractivity contribution in [2.24, 2.45) is 5.92 Å². The molecule has 0 unspecified atom stereocenters. The highest BCUT2D eigenvalue weighted by atomic mass is 16.5. The van der Waals surface area contributed by atoms with Crippen molar-refractivity contribution in [3.05, 3.63) is 23.8 Å². The van der Waals surface area contributed by atoms with Crippen molar-refractivity contribution in [3.8, 4) is 11.5 Å². The molecule has 0 saturated carbocycles. The number of morpholine rings is 1. The van der Waals surface area contributed by atoms with E-state index in [0.29, 0.717) is 36.9 Å². The lowest BCUT2D eigenvalue weighted by molar-refractivity contribution is 0.0320. The lowest BCUT2D eigenvalue weighted by atomic mass is 9.90. The van der Waals surface area contributed by atoms with Gasteiger partial charge >= 0.3 is 0 Å². The van der Waals surface area contributed by atoms with E-state index in [-0.39, 0.29) is 11.7 Å². The molecule has 6 nitrogen and oxygen atoms in total. The quantitative estimate of drug-likeness (QED) is 0.702. The van der Waals surface area contributed by atoms with Gasteiger partial charge in [0.1, 0.15) is 6.61 Å². The van der Waals surface area contributed by atoms with Crippen molar-refractivity contribution >= 4 is 5.78 Å². The van der Waals surface area contributed by atoms with E-state index in [9.17, 15) is 4.79 Å². The number of hydrogen-bond donors (Lipinski definition) is 0. The van der Waals surface area contributed by atoms with Gasteiger partial charge in [-0.3, -0.25) is 9.69 Å². The number of ketones is 1. The summed E-state index contributed by atoms with van der Waals surface area (Å²) in [5, 5.41) is 0. The number of methoxy groups -OCH3 is 1. The molecule has 0 bridgehead atoms. The number of carbonyl (C=O) groups is 1. The Labute approximate surface area is 149 Å². The molecule has 138 valence electrons. The second-order valence-corrected chi connectivity index (χ2v) is 6.39. The van der Waals surface area contributed by atoms with Gasteiger partial charge in [0, 0.05) is 38.8 Å². The number of nitrogens with zero attached hydrogens (tertiary/aromatic N) is 1. The van der Waals surface area contributed by atoms with Crippen LogP contribution in [0.4, 0.5) is 0 Å². The van der Waals surface area contributed by atoms with Gasteiger partial charge in [0.15, 0.2) is 17.3 Å². The Balaban J connectivity index is 1.68. The maximum Gasteiger partial charge on any atom is 0.172 e. The monoisotopic (exact) mass is 349 g/mol. The Morgan fingerprint density at radius 3 is 2.60 bits per heavy atom. The first kappa shape index (κ1) is 18.2. The van der Waals surface area contributed by atoms with Gasteiger partial charge in [0.2, 0.25) is 0 Å². The molecule has 25 heavy (non-hydrogen) atoms. The van der Waals surface area contributed by atoms with Crippen LogP contribution in [0.3, 0.4) is 0 Å². The SMILES string of the molecule is COc1cccc(C(=O)C2CCOCC2)c1OCCN1CCOCC1. The predicted molar refractivity (Wildman–Crippen MR) is 93.6 cm³/mol. The van der Waals surface area contributed by atoms with Crippen LogP contribution in [-0.4, -0.2) is 70.5 Å². The normalized spacial score (nSPS) is 19.6. The average molecular weight is 349 g/mol. The molecule has 0 spiro atoms. The second-order valence-electron chi connectivity index (χ2n) is 6.39. The van der Waals surface area contributed by atoms with Crippen molar-refractivity contribution in [1.82, 2.24) is 4.90 Å². The fourth-order valence-electron chi connectivity index (χ4n) is 3.30. The Hall–Kier alpha value is -1.63. The Morgan fingerprint density at radius 2 is 1.88 bits per heavy atom. The zero-order valence-electron chi connectivity index (χ0n) is 14.9. The minimum absolute atomic E-state index is 0.00227. The Kier molecular flexibility index (Phi) is 6.67. The fraction of sp³-hybridized carbons (Fsp3) is 0.632. The van der Waals surface area contributed by atoms with E-state index < -0.39 is 0 Å². The second kappa shape index (κ2) is 9.17. The maximum absolute atomic E-state index is 12.9. The molecule has 2 heterocycles. The number of Topliss-reactive ketones (excluding diaryl/α,β-unsaturated/α-hetero) is 1. The first-order chi connectivity index (χ1) is 12.3. The van der Waals surface area contributed by atoms with Crippen LogP contribution in [0.1, 0.15) is 23.2 Å². The zero-order valence-corrected chi connectivity index (χ0v) is 14.9. The van der Waals surface area contributed by atoms with E-state index in [0.717, 1.165) is 45.7 Å². The van der Waals surface area contributed by atoms with E-state index in [2.05, 4.69) is 4.90 Å². The Morgan fingerprint density at radius 1 is 1.16 bits per heavy atom. The maximum atomic E-state index is 12.9. The third kappa shape index (κ3) is 4.71. The van der Waals surface area contributed by atoms with E-state index in [4.69, 9.17) is 18.9 Å². The van der Waals surface area contributed by atoms with Gasteiger partial charge in [-0.15, -0.1) is 0 Å². The number of benzene rings is 1. The highest BCUT2D eigenvalue weighted by Gasteiger charge is 2.26. The highest BCUT2D eigenvalue weighted by Crippen LogP contribution is 2.34. The van der Waals surface area contributed by atoms with Crippen LogP contribution in [-0.2, 0) is 9.47 Å². The van der Waals surface area contributed by atoms with E-state index in [1.54, 1.807) is 7.11 Å². The summed E-state index contributed by atoms with van der Waals surface area (Å²) in [6, 6.07) is 5.52. The summed E-state index contributed by atoms with van der Waals surface area (Å²) < 4.78 is 22.2.